The van der Waals surface area contributed by atoms with E-state index in [9.17, 15) is 4.79 Å². The molecule has 1 N–H and O–H groups in total. The maximum absolute atomic E-state index is 10.4. The van der Waals surface area contributed by atoms with Crippen molar-refractivity contribution in [2.45, 2.75) is 17.3 Å². The van der Waals surface area contributed by atoms with Gasteiger partial charge in [0.15, 0.2) is 4.34 Å². The van der Waals surface area contributed by atoms with Crippen LogP contribution in [0.2, 0.25) is 0 Å². The van der Waals surface area contributed by atoms with E-state index in [2.05, 4.69) is 16.9 Å². The summed E-state index contributed by atoms with van der Waals surface area (Å²) in [4.78, 5) is 18.4. The van der Waals surface area contributed by atoms with E-state index in [1.54, 1.807) is 11.3 Å². The van der Waals surface area contributed by atoms with Gasteiger partial charge in [0, 0.05) is 24.4 Å². The molecule has 0 aromatic carbocycles. The molecule has 1 aliphatic heterocycles. The fourth-order valence-electron chi connectivity index (χ4n) is 1.48. The van der Waals surface area contributed by atoms with Gasteiger partial charge in [-0.25, -0.2) is 4.98 Å². The van der Waals surface area contributed by atoms with E-state index in [0.717, 1.165) is 29.5 Å². The van der Waals surface area contributed by atoms with Gasteiger partial charge in [-0.3, -0.25) is 4.79 Å². The first-order valence-corrected chi connectivity index (χ1v) is 6.47. The standard InChI is InChI=1S/C9H12N2O2S2/c1-11-3-2-6-7(4-11)15-9(10-6)14-5-8(12)13/h2-5H2,1H3,(H,12,13). The number of aromatic nitrogens is 1. The summed E-state index contributed by atoms with van der Waals surface area (Å²) >= 11 is 2.94. The van der Waals surface area contributed by atoms with Crippen LogP contribution in [0, 0.1) is 0 Å². The van der Waals surface area contributed by atoms with Crippen LogP contribution in [0.5, 0.6) is 0 Å². The molecule has 0 bridgehead atoms. The number of hydrogen-bond acceptors (Lipinski definition) is 5. The summed E-state index contributed by atoms with van der Waals surface area (Å²) in [5.74, 6) is -0.687. The lowest BCUT2D eigenvalue weighted by molar-refractivity contribution is -0.133. The second kappa shape index (κ2) is 4.51. The Morgan fingerprint density at radius 1 is 1.73 bits per heavy atom. The third-order valence-corrected chi connectivity index (χ3v) is 4.43. The molecule has 2 rings (SSSR count). The summed E-state index contributed by atoms with van der Waals surface area (Å²) in [5.41, 5.74) is 1.16. The van der Waals surface area contributed by atoms with Crippen LogP contribution in [0.4, 0.5) is 0 Å². The normalized spacial score (nSPS) is 16.3. The van der Waals surface area contributed by atoms with Crippen LogP contribution in [0.3, 0.4) is 0 Å². The lowest BCUT2D eigenvalue weighted by Crippen LogP contribution is -2.25. The minimum absolute atomic E-state index is 0.0994. The van der Waals surface area contributed by atoms with Crippen molar-refractivity contribution in [3.05, 3.63) is 10.6 Å². The van der Waals surface area contributed by atoms with Crippen molar-refractivity contribution in [3.63, 3.8) is 0 Å². The maximum Gasteiger partial charge on any atom is 0.313 e. The van der Waals surface area contributed by atoms with Crippen molar-refractivity contribution in [1.82, 2.24) is 9.88 Å². The molecule has 6 heteroatoms. The van der Waals surface area contributed by atoms with Crippen molar-refractivity contribution in [1.29, 1.82) is 0 Å². The highest BCUT2D eigenvalue weighted by molar-refractivity contribution is 8.01. The van der Waals surface area contributed by atoms with E-state index in [-0.39, 0.29) is 5.75 Å². The van der Waals surface area contributed by atoms with Gasteiger partial charge in [-0.15, -0.1) is 11.3 Å². The first-order valence-electron chi connectivity index (χ1n) is 4.67. The van der Waals surface area contributed by atoms with Gasteiger partial charge in [-0.1, -0.05) is 11.8 Å². The van der Waals surface area contributed by atoms with Crippen LogP contribution in [0.25, 0.3) is 0 Å². The van der Waals surface area contributed by atoms with Crippen LogP contribution in [-0.2, 0) is 17.8 Å². The Bertz CT molecular complexity index is 378. The number of carbonyl (C=O) groups is 1. The van der Waals surface area contributed by atoms with E-state index < -0.39 is 5.97 Å². The molecule has 1 aromatic heterocycles. The topological polar surface area (TPSA) is 53.4 Å². The summed E-state index contributed by atoms with van der Waals surface area (Å²) in [6.45, 7) is 1.99. The smallest absolute Gasteiger partial charge is 0.313 e. The Balaban J connectivity index is 2.06. The van der Waals surface area contributed by atoms with E-state index in [1.807, 2.05) is 0 Å². The van der Waals surface area contributed by atoms with Crippen LogP contribution in [0.1, 0.15) is 10.6 Å². The third kappa shape index (κ3) is 2.70. The fraction of sp³-hybridized carbons (Fsp3) is 0.556. The van der Waals surface area contributed by atoms with Crippen molar-refractivity contribution in [3.8, 4) is 0 Å². The monoisotopic (exact) mass is 244 g/mol. The van der Waals surface area contributed by atoms with Crippen LogP contribution < -0.4 is 0 Å². The van der Waals surface area contributed by atoms with Crippen LogP contribution in [-0.4, -0.2) is 40.3 Å². The summed E-state index contributed by atoms with van der Waals surface area (Å²) in [5, 5.41) is 8.57. The molecule has 0 fully saturated rings. The molecule has 0 unspecified atom stereocenters. The Morgan fingerprint density at radius 2 is 2.53 bits per heavy atom. The second-order valence-electron chi connectivity index (χ2n) is 3.52. The van der Waals surface area contributed by atoms with Crippen molar-refractivity contribution < 1.29 is 9.90 Å². The van der Waals surface area contributed by atoms with Gasteiger partial charge in [0.05, 0.1) is 11.4 Å². The highest BCUT2D eigenvalue weighted by atomic mass is 32.2. The van der Waals surface area contributed by atoms with Crippen molar-refractivity contribution in [2.24, 2.45) is 0 Å². The number of fused-ring (bicyclic) bond motifs is 1. The molecule has 0 amide bonds. The van der Waals surface area contributed by atoms with Crippen LogP contribution in [0.15, 0.2) is 4.34 Å². The number of carboxylic acid groups (broad SMARTS) is 1. The molecule has 0 saturated heterocycles. The second-order valence-corrected chi connectivity index (χ2v) is 5.83. The number of thioether (sulfide) groups is 1. The molecule has 4 nitrogen and oxygen atoms in total. The minimum atomic E-state index is -0.787. The first kappa shape index (κ1) is 10.9. The van der Waals surface area contributed by atoms with Crippen molar-refractivity contribution in [2.75, 3.05) is 19.3 Å². The van der Waals surface area contributed by atoms with Gasteiger partial charge in [0.2, 0.25) is 0 Å². The third-order valence-electron chi connectivity index (χ3n) is 2.22. The molecule has 1 aliphatic rings. The summed E-state index contributed by atoms with van der Waals surface area (Å²) in [7, 11) is 2.09. The molecule has 2 heterocycles. The Labute approximate surface area is 96.3 Å². The molecular formula is C9H12N2O2S2. The van der Waals surface area contributed by atoms with E-state index >= 15 is 0 Å². The lowest BCUT2D eigenvalue weighted by Gasteiger charge is -2.20. The first-order chi connectivity index (χ1) is 7.15. The summed E-state index contributed by atoms with van der Waals surface area (Å²) in [6.07, 6.45) is 0.982. The molecular weight excluding hydrogens is 232 g/mol. The zero-order chi connectivity index (χ0) is 10.8. The molecule has 0 saturated carbocycles. The molecule has 82 valence electrons. The average molecular weight is 244 g/mol. The van der Waals surface area contributed by atoms with Gasteiger partial charge in [-0.05, 0) is 7.05 Å². The number of hydrogen-bond donors (Lipinski definition) is 1. The Hall–Kier alpha value is -0.590. The van der Waals surface area contributed by atoms with E-state index in [0.29, 0.717) is 0 Å². The molecule has 0 radical (unpaired) electrons. The highest BCUT2D eigenvalue weighted by Crippen LogP contribution is 2.30. The number of rotatable bonds is 3. The van der Waals surface area contributed by atoms with Gasteiger partial charge in [-0.2, -0.15) is 0 Å². The zero-order valence-corrected chi connectivity index (χ0v) is 10.0. The Kier molecular flexibility index (Phi) is 3.28. The van der Waals surface area contributed by atoms with Gasteiger partial charge in [0.25, 0.3) is 0 Å². The van der Waals surface area contributed by atoms with Gasteiger partial charge in [0.1, 0.15) is 0 Å². The zero-order valence-electron chi connectivity index (χ0n) is 8.39. The quantitative estimate of drug-likeness (QED) is 0.812. The fourth-order valence-corrected chi connectivity index (χ4v) is 3.54. The number of aliphatic carboxylic acids is 1. The minimum Gasteiger partial charge on any atom is -0.481 e. The maximum atomic E-state index is 10.4. The van der Waals surface area contributed by atoms with Crippen LogP contribution >= 0.6 is 23.1 Å². The number of nitrogens with zero attached hydrogens (tertiary/aromatic N) is 2. The van der Waals surface area contributed by atoms with E-state index in [4.69, 9.17) is 5.11 Å². The van der Waals surface area contributed by atoms with Gasteiger partial charge < -0.3 is 10.0 Å². The molecule has 1 aromatic rings. The average Bonchev–Trinajstić information content (AvgIpc) is 2.56. The van der Waals surface area contributed by atoms with Crippen molar-refractivity contribution >= 4 is 29.1 Å². The van der Waals surface area contributed by atoms with E-state index in [1.165, 1.54) is 16.6 Å². The SMILES string of the molecule is CN1CCc2nc(SCC(=O)O)sc2C1. The number of carboxylic acids is 1. The van der Waals surface area contributed by atoms with Gasteiger partial charge >= 0.3 is 5.97 Å². The number of likely N-dealkylation sites (N-methyl/N-ethyl adjacent to an activating group) is 1. The summed E-state index contributed by atoms with van der Waals surface area (Å²) < 4.78 is 0.887. The predicted molar refractivity (Wildman–Crippen MR) is 60.5 cm³/mol. The lowest BCUT2D eigenvalue weighted by atomic mass is 10.2. The Morgan fingerprint density at radius 3 is 3.27 bits per heavy atom. The summed E-state index contributed by atoms with van der Waals surface area (Å²) in [6, 6.07) is 0. The molecule has 0 spiro atoms. The molecule has 15 heavy (non-hydrogen) atoms. The number of thiazole rings is 1. The highest BCUT2D eigenvalue weighted by Gasteiger charge is 2.18. The molecule has 0 atom stereocenters. The largest absolute Gasteiger partial charge is 0.481 e. The molecule has 0 aliphatic carbocycles. The predicted octanol–water partition coefficient (Wildman–Crippen LogP) is 1.31.